The maximum Gasteiger partial charge on any atom is 0.417 e. The Labute approximate surface area is 104 Å². The van der Waals surface area contributed by atoms with E-state index in [9.17, 15) is 13.2 Å². The van der Waals surface area contributed by atoms with Crippen LogP contribution < -0.4 is 0 Å². The molecule has 0 radical (unpaired) electrons. The standard InChI is InChI=1S/C11H8BrF3N2/c1-17-10(9(12)6-16-17)7-4-2-3-5-8(7)11(13,14)15/h2-6H,1H3. The Hall–Kier alpha value is -1.30. The van der Waals surface area contributed by atoms with Gasteiger partial charge in [-0.1, -0.05) is 18.2 Å². The predicted octanol–water partition coefficient (Wildman–Crippen LogP) is 3.87. The zero-order valence-electron chi connectivity index (χ0n) is 8.79. The van der Waals surface area contributed by atoms with Crippen molar-refractivity contribution >= 4 is 15.9 Å². The highest BCUT2D eigenvalue weighted by Crippen LogP contribution is 2.38. The number of nitrogens with zero attached hydrogens (tertiary/aromatic N) is 2. The van der Waals surface area contributed by atoms with Gasteiger partial charge in [-0.15, -0.1) is 0 Å². The lowest BCUT2D eigenvalue weighted by molar-refractivity contribution is -0.137. The maximum absolute atomic E-state index is 12.9. The van der Waals surface area contributed by atoms with E-state index in [2.05, 4.69) is 21.0 Å². The maximum atomic E-state index is 12.9. The molecule has 0 aliphatic carbocycles. The van der Waals surface area contributed by atoms with E-state index in [1.807, 2.05) is 0 Å². The van der Waals surface area contributed by atoms with Crippen molar-refractivity contribution in [3.8, 4) is 11.3 Å². The van der Waals surface area contributed by atoms with E-state index in [1.165, 1.54) is 23.0 Å². The van der Waals surface area contributed by atoms with Crippen LogP contribution in [0.1, 0.15) is 5.56 Å². The van der Waals surface area contributed by atoms with Crippen molar-refractivity contribution in [1.29, 1.82) is 0 Å². The third-order valence-electron chi connectivity index (χ3n) is 2.38. The van der Waals surface area contributed by atoms with E-state index < -0.39 is 11.7 Å². The summed E-state index contributed by atoms with van der Waals surface area (Å²) in [4.78, 5) is 0. The zero-order chi connectivity index (χ0) is 12.6. The van der Waals surface area contributed by atoms with Crippen molar-refractivity contribution in [2.24, 2.45) is 7.05 Å². The first-order chi connectivity index (χ1) is 7.91. The van der Waals surface area contributed by atoms with Crippen LogP contribution in [-0.2, 0) is 13.2 Å². The van der Waals surface area contributed by atoms with Gasteiger partial charge in [-0.3, -0.25) is 4.68 Å². The number of hydrogen-bond donors (Lipinski definition) is 0. The van der Waals surface area contributed by atoms with Crippen molar-refractivity contribution in [3.05, 3.63) is 40.5 Å². The van der Waals surface area contributed by atoms with Crippen molar-refractivity contribution in [1.82, 2.24) is 9.78 Å². The fourth-order valence-electron chi connectivity index (χ4n) is 1.65. The van der Waals surface area contributed by atoms with E-state index in [0.717, 1.165) is 6.07 Å². The van der Waals surface area contributed by atoms with Gasteiger partial charge in [0.15, 0.2) is 0 Å². The fraction of sp³-hybridized carbons (Fsp3) is 0.182. The van der Waals surface area contributed by atoms with Crippen molar-refractivity contribution in [2.45, 2.75) is 6.18 Å². The molecule has 2 aromatic rings. The molecular weight excluding hydrogens is 297 g/mol. The largest absolute Gasteiger partial charge is 0.417 e. The van der Waals surface area contributed by atoms with Gasteiger partial charge in [-0.2, -0.15) is 18.3 Å². The topological polar surface area (TPSA) is 17.8 Å². The van der Waals surface area contributed by atoms with Gasteiger partial charge in [0.25, 0.3) is 0 Å². The second kappa shape index (κ2) is 4.18. The summed E-state index contributed by atoms with van der Waals surface area (Å²) >= 11 is 3.20. The molecule has 0 aliphatic rings. The summed E-state index contributed by atoms with van der Waals surface area (Å²) in [5.41, 5.74) is -0.130. The minimum Gasteiger partial charge on any atom is -0.267 e. The van der Waals surface area contributed by atoms with E-state index in [4.69, 9.17) is 0 Å². The van der Waals surface area contributed by atoms with Gasteiger partial charge in [0, 0.05) is 12.6 Å². The van der Waals surface area contributed by atoms with Gasteiger partial charge >= 0.3 is 6.18 Å². The van der Waals surface area contributed by atoms with Crippen molar-refractivity contribution in [3.63, 3.8) is 0 Å². The van der Waals surface area contributed by atoms with Gasteiger partial charge in [0.05, 0.1) is 21.9 Å². The Morgan fingerprint density at radius 3 is 2.41 bits per heavy atom. The van der Waals surface area contributed by atoms with Crippen LogP contribution in [0.15, 0.2) is 34.9 Å². The first-order valence-electron chi connectivity index (χ1n) is 4.75. The Bertz CT molecular complexity index is 526. The molecule has 0 spiro atoms. The molecule has 2 nitrogen and oxygen atoms in total. The van der Waals surface area contributed by atoms with Crippen molar-refractivity contribution < 1.29 is 13.2 Å². The smallest absolute Gasteiger partial charge is 0.267 e. The van der Waals surface area contributed by atoms with E-state index in [0.29, 0.717) is 10.2 Å². The molecule has 17 heavy (non-hydrogen) atoms. The molecule has 0 bridgehead atoms. The number of hydrogen-bond acceptors (Lipinski definition) is 1. The molecule has 0 saturated heterocycles. The number of benzene rings is 1. The lowest BCUT2D eigenvalue weighted by Crippen LogP contribution is -2.08. The summed E-state index contributed by atoms with van der Waals surface area (Å²) in [5, 5.41) is 3.92. The molecule has 90 valence electrons. The minimum atomic E-state index is -4.37. The molecule has 1 aromatic carbocycles. The molecular formula is C11H8BrF3N2. The van der Waals surface area contributed by atoms with E-state index in [-0.39, 0.29) is 5.56 Å². The van der Waals surface area contributed by atoms with E-state index >= 15 is 0 Å². The Morgan fingerprint density at radius 1 is 1.24 bits per heavy atom. The third-order valence-corrected chi connectivity index (χ3v) is 2.96. The van der Waals surface area contributed by atoms with Crippen LogP contribution in [0.5, 0.6) is 0 Å². The van der Waals surface area contributed by atoms with Crippen LogP contribution in [0.2, 0.25) is 0 Å². The molecule has 0 atom stereocenters. The Kier molecular flexibility index (Phi) is 2.99. The predicted molar refractivity (Wildman–Crippen MR) is 61.3 cm³/mol. The Morgan fingerprint density at radius 2 is 1.88 bits per heavy atom. The van der Waals surface area contributed by atoms with E-state index in [1.54, 1.807) is 13.1 Å². The fourth-order valence-corrected chi connectivity index (χ4v) is 2.21. The molecule has 2 rings (SSSR count). The number of halogens is 4. The summed E-state index contributed by atoms with van der Waals surface area (Å²) in [5.74, 6) is 0. The van der Waals surface area contributed by atoms with Gasteiger partial charge in [-0.05, 0) is 22.0 Å². The summed E-state index contributed by atoms with van der Waals surface area (Å²) in [7, 11) is 1.60. The van der Waals surface area contributed by atoms with Crippen molar-refractivity contribution in [2.75, 3.05) is 0 Å². The SMILES string of the molecule is Cn1ncc(Br)c1-c1ccccc1C(F)(F)F. The first kappa shape index (κ1) is 12.2. The summed E-state index contributed by atoms with van der Waals surface area (Å²) < 4.78 is 40.5. The highest BCUT2D eigenvalue weighted by molar-refractivity contribution is 9.10. The third kappa shape index (κ3) is 2.22. The molecule has 0 fully saturated rings. The van der Waals surface area contributed by atoms with Crippen LogP contribution in [0.25, 0.3) is 11.3 Å². The molecule has 0 unspecified atom stereocenters. The first-order valence-corrected chi connectivity index (χ1v) is 5.54. The quantitative estimate of drug-likeness (QED) is 0.782. The molecule has 6 heteroatoms. The number of rotatable bonds is 1. The van der Waals surface area contributed by atoms with Crippen LogP contribution in [-0.4, -0.2) is 9.78 Å². The average molecular weight is 305 g/mol. The normalized spacial score (nSPS) is 11.8. The minimum absolute atomic E-state index is 0.117. The van der Waals surface area contributed by atoms with Crippen LogP contribution in [0.4, 0.5) is 13.2 Å². The molecule has 1 heterocycles. The lowest BCUT2D eigenvalue weighted by Gasteiger charge is -2.13. The molecule has 0 aliphatic heterocycles. The highest BCUT2D eigenvalue weighted by atomic mass is 79.9. The number of alkyl halides is 3. The summed E-state index contributed by atoms with van der Waals surface area (Å²) in [6, 6.07) is 5.44. The zero-order valence-corrected chi connectivity index (χ0v) is 10.4. The summed E-state index contributed by atoms with van der Waals surface area (Å²) in [6.45, 7) is 0. The molecule has 1 aromatic heterocycles. The number of aromatic nitrogens is 2. The Balaban J connectivity index is 2.69. The van der Waals surface area contributed by atoms with Crippen LogP contribution in [0.3, 0.4) is 0 Å². The van der Waals surface area contributed by atoms with Crippen LogP contribution in [0, 0.1) is 0 Å². The van der Waals surface area contributed by atoms with Gasteiger partial charge < -0.3 is 0 Å². The molecule has 0 amide bonds. The molecule has 0 N–H and O–H groups in total. The van der Waals surface area contributed by atoms with Gasteiger partial charge in [-0.25, -0.2) is 0 Å². The lowest BCUT2D eigenvalue weighted by atomic mass is 10.0. The number of aryl methyl sites for hydroxylation is 1. The van der Waals surface area contributed by atoms with Gasteiger partial charge in [0.1, 0.15) is 0 Å². The van der Waals surface area contributed by atoms with Crippen LogP contribution >= 0.6 is 15.9 Å². The monoisotopic (exact) mass is 304 g/mol. The summed E-state index contributed by atoms with van der Waals surface area (Å²) in [6.07, 6.45) is -2.90. The molecule has 0 saturated carbocycles. The highest BCUT2D eigenvalue weighted by Gasteiger charge is 2.34. The second-order valence-electron chi connectivity index (χ2n) is 3.51. The average Bonchev–Trinajstić information content (AvgIpc) is 2.57. The second-order valence-corrected chi connectivity index (χ2v) is 4.36. The van der Waals surface area contributed by atoms with Gasteiger partial charge in [0.2, 0.25) is 0 Å².